The Hall–Kier alpha value is -1.45. The van der Waals surface area contributed by atoms with Gasteiger partial charge in [-0.1, -0.05) is 17.7 Å². The molecule has 0 saturated carbocycles. The number of hydrogen-bond donors (Lipinski definition) is 0. The number of para-hydroxylation sites is 1. The van der Waals surface area contributed by atoms with Gasteiger partial charge in [0, 0.05) is 12.3 Å². The number of imidazole rings is 1. The maximum atomic E-state index is 6.39. The number of benzene rings is 1. The van der Waals surface area contributed by atoms with Crippen molar-refractivity contribution < 1.29 is 4.42 Å². The third kappa shape index (κ3) is 2.56. The molecule has 3 aromatic rings. The molecule has 0 aliphatic heterocycles. The SMILES string of the molecule is Cc1ccc(C(C)n2c(CCCl)nc3cccc(Cl)c32)o1. The number of halogens is 2. The number of nitrogens with zero attached hydrogens (tertiary/aromatic N) is 2. The molecule has 0 saturated heterocycles. The molecule has 2 aromatic heterocycles. The van der Waals surface area contributed by atoms with Crippen LogP contribution in [0.25, 0.3) is 11.0 Å². The van der Waals surface area contributed by atoms with E-state index >= 15 is 0 Å². The van der Waals surface area contributed by atoms with Crippen molar-refractivity contribution in [1.82, 2.24) is 9.55 Å². The van der Waals surface area contributed by atoms with Crippen LogP contribution in [-0.2, 0) is 6.42 Å². The van der Waals surface area contributed by atoms with Crippen molar-refractivity contribution in [2.24, 2.45) is 0 Å². The zero-order valence-corrected chi connectivity index (χ0v) is 13.4. The molecule has 0 aliphatic carbocycles. The van der Waals surface area contributed by atoms with E-state index in [9.17, 15) is 0 Å². The molecule has 21 heavy (non-hydrogen) atoms. The molecule has 110 valence electrons. The summed E-state index contributed by atoms with van der Waals surface area (Å²) in [5, 5.41) is 0.691. The molecule has 1 unspecified atom stereocenters. The Morgan fingerprint density at radius 3 is 2.76 bits per heavy atom. The summed E-state index contributed by atoms with van der Waals surface area (Å²) in [6, 6.07) is 9.74. The van der Waals surface area contributed by atoms with E-state index in [1.54, 1.807) is 0 Å². The third-order valence-electron chi connectivity index (χ3n) is 3.61. The third-order valence-corrected chi connectivity index (χ3v) is 4.11. The van der Waals surface area contributed by atoms with E-state index in [0.717, 1.165) is 28.4 Å². The molecular weight excluding hydrogens is 307 g/mol. The van der Waals surface area contributed by atoms with E-state index in [4.69, 9.17) is 27.6 Å². The van der Waals surface area contributed by atoms with Crippen LogP contribution in [0.2, 0.25) is 5.02 Å². The Morgan fingerprint density at radius 2 is 2.10 bits per heavy atom. The summed E-state index contributed by atoms with van der Waals surface area (Å²) in [7, 11) is 0. The summed E-state index contributed by atoms with van der Waals surface area (Å²) in [6.45, 7) is 4.02. The van der Waals surface area contributed by atoms with Crippen LogP contribution in [0.3, 0.4) is 0 Å². The van der Waals surface area contributed by atoms with Crippen molar-refractivity contribution in [3.63, 3.8) is 0 Å². The molecule has 1 aromatic carbocycles. The second kappa shape index (κ2) is 5.74. The molecule has 1 atom stereocenters. The first-order valence-corrected chi connectivity index (χ1v) is 7.80. The Labute approximate surface area is 133 Å². The fourth-order valence-corrected chi connectivity index (χ4v) is 3.07. The molecule has 0 amide bonds. The van der Waals surface area contributed by atoms with Crippen LogP contribution in [0.1, 0.15) is 30.3 Å². The molecule has 0 N–H and O–H groups in total. The van der Waals surface area contributed by atoms with Crippen LogP contribution in [0.15, 0.2) is 34.7 Å². The minimum Gasteiger partial charge on any atom is -0.464 e. The zero-order chi connectivity index (χ0) is 15.0. The highest BCUT2D eigenvalue weighted by molar-refractivity contribution is 6.35. The van der Waals surface area contributed by atoms with Gasteiger partial charge in [0.1, 0.15) is 17.3 Å². The van der Waals surface area contributed by atoms with Gasteiger partial charge in [0.05, 0.1) is 22.1 Å². The van der Waals surface area contributed by atoms with Gasteiger partial charge < -0.3 is 8.98 Å². The molecule has 0 aliphatic rings. The first-order chi connectivity index (χ1) is 10.1. The fraction of sp³-hybridized carbons (Fsp3) is 0.312. The first-order valence-electron chi connectivity index (χ1n) is 6.89. The average Bonchev–Trinajstić information content (AvgIpc) is 3.03. The summed E-state index contributed by atoms with van der Waals surface area (Å²) in [4.78, 5) is 4.67. The van der Waals surface area contributed by atoms with Crippen molar-refractivity contribution >= 4 is 34.2 Å². The Morgan fingerprint density at radius 1 is 1.29 bits per heavy atom. The molecule has 0 bridgehead atoms. The lowest BCUT2D eigenvalue weighted by Crippen LogP contribution is -2.11. The highest BCUT2D eigenvalue weighted by Gasteiger charge is 2.20. The van der Waals surface area contributed by atoms with Crippen molar-refractivity contribution in [1.29, 1.82) is 0 Å². The Kier molecular flexibility index (Phi) is 3.96. The summed E-state index contributed by atoms with van der Waals surface area (Å²) in [5.74, 6) is 3.23. The van der Waals surface area contributed by atoms with Crippen molar-refractivity contribution in [3.05, 3.63) is 52.7 Å². The highest BCUT2D eigenvalue weighted by atomic mass is 35.5. The molecule has 3 nitrogen and oxygen atoms in total. The van der Waals surface area contributed by atoms with Crippen LogP contribution < -0.4 is 0 Å². The van der Waals surface area contributed by atoms with Crippen LogP contribution in [0.4, 0.5) is 0 Å². The van der Waals surface area contributed by atoms with Gasteiger partial charge >= 0.3 is 0 Å². The first kappa shape index (κ1) is 14.5. The van der Waals surface area contributed by atoms with Gasteiger partial charge in [-0.15, -0.1) is 11.6 Å². The van der Waals surface area contributed by atoms with Crippen LogP contribution >= 0.6 is 23.2 Å². The number of furan rings is 1. The van der Waals surface area contributed by atoms with Crippen LogP contribution in [-0.4, -0.2) is 15.4 Å². The number of hydrogen-bond acceptors (Lipinski definition) is 2. The van der Waals surface area contributed by atoms with Gasteiger partial charge in [-0.05, 0) is 38.1 Å². The normalized spacial score (nSPS) is 13.0. The van der Waals surface area contributed by atoms with Gasteiger partial charge in [0.2, 0.25) is 0 Å². The van der Waals surface area contributed by atoms with E-state index in [-0.39, 0.29) is 6.04 Å². The molecule has 0 radical (unpaired) electrons. The van der Waals surface area contributed by atoms with Gasteiger partial charge in [0.15, 0.2) is 0 Å². The molecule has 2 heterocycles. The lowest BCUT2D eigenvalue weighted by atomic mass is 10.2. The summed E-state index contributed by atoms with van der Waals surface area (Å²) in [5.41, 5.74) is 1.82. The van der Waals surface area contributed by atoms with Gasteiger partial charge in [-0.2, -0.15) is 0 Å². The topological polar surface area (TPSA) is 31.0 Å². The van der Waals surface area contributed by atoms with E-state index in [2.05, 4.69) is 16.5 Å². The standard InChI is InChI=1S/C16H16Cl2N2O/c1-10-6-7-14(21-10)11(2)20-15(8-9-17)19-13-5-3-4-12(18)16(13)20/h3-7,11H,8-9H2,1-2H3. The summed E-state index contributed by atoms with van der Waals surface area (Å²) in [6.07, 6.45) is 0.691. The number of fused-ring (bicyclic) bond motifs is 1. The molecule has 0 fully saturated rings. The minimum atomic E-state index is 0.0156. The minimum absolute atomic E-state index is 0.0156. The number of rotatable bonds is 4. The van der Waals surface area contributed by atoms with Crippen molar-refractivity contribution in [2.45, 2.75) is 26.3 Å². The van der Waals surface area contributed by atoms with E-state index in [1.807, 2.05) is 37.3 Å². The maximum absolute atomic E-state index is 6.39. The number of aryl methyl sites for hydroxylation is 2. The number of alkyl halides is 1. The van der Waals surface area contributed by atoms with Gasteiger partial charge in [-0.25, -0.2) is 4.98 Å². The predicted molar refractivity (Wildman–Crippen MR) is 86.4 cm³/mol. The second-order valence-corrected chi connectivity index (χ2v) is 5.85. The smallest absolute Gasteiger partial charge is 0.126 e. The molecule has 0 spiro atoms. The van der Waals surface area contributed by atoms with Crippen LogP contribution in [0, 0.1) is 6.92 Å². The van der Waals surface area contributed by atoms with E-state index < -0.39 is 0 Å². The summed E-state index contributed by atoms with van der Waals surface area (Å²) < 4.78 is 7.89. The fourth-order valence-electron chi connectivity index (χ4n) is 2.64. The Bertz CT molecular complexity index is 776. The highest BCUT2D eigenvalue weighted by Crippen LogP contribution is 2.31. The zero-order valence-electron chi connectivity index (χ0n) is 11.9. The lowest BCUT2D eigenvalue weighted by molar-refractivity contribution is 0.428. The van der Waals surface area contributed by atoms with E-state index in [1.165, 1.54) is 0 Å². The molecular formula is C16H16Cl2N2O. The van der Waals surface area contributed by atoms with Gasteiger partial charge in [-0.3, -0.25) is 0 Å². The average molecular weight is 323 g/mol. The van der Waals surface area contributed by atoms with Crippen molar-refractivity contribution in [3.8, 4) is 0 Å². The Balaban J connectivity index is 2.21. The summed E-state index contributed by atoms with van der Waals surface area (Å²) >= 11 is 12.3. The quantitative estimate of drug-likeness (QED) is 0.634. The van der Waals surface area contributed by atoms with Crippen LogP contribution in [0.5, 0.6) is 0 Å². The molecule has 3 rings (SSSR count). The van der Waals surface area contributed by atoms with Gasteiger partial charge in [0.25, 0.3) is 0 Å². The van der Waals surface area contributed by atoms with E-state index in [0.29, 0.717) is 17.3 Å². The van der Waals surface area contributed by atoms with Crippen molar-refractivity contribution in [2.75, 3.05) is 5.88 Å². The monoisotopic (exact) mass is 322 g/mol. The lowest BCUT2D eigenvalue weighted by Gasteiger charge is -2.16. The second-order valence-electron chi connectivity index (χ2n) is 5.07. The molecule has 5 heteroatoms. The largest absolute Gasteiger partial charge is 0.464 e. The predicted octanol–water partition coefficient (Wildman–Crippen LogP) is 4.98. The maximum Gasteiger partial charge on any atom is 0.126 e. The number of aromatic nitrogens is 2.